The predicted molar refractivity (Wildman–Crippen MR) is 96.6 cm³/mol. The largest absolute Gasteiger partial charge is 0.477 e. The number of morpholine rings is 1. The summed E-state index contributed by atoms with van der Waals surface area (Å²) in [5.41, 5.74) is 8.97. The number of carbonyl (C=O) groups is 1. The SMILES string of the molecule is CC(=N)c1c(-c2ccc(N3CCOCC3)cc2)cc(C(=O)O)nc1N. The molecule has 0 atom stereocenters. The van der Waals surface area contributed by atoms with Crippen molar-refractivity contribution in [2.75, 3.05) is 36.9 Å². The lowest BCUT2D eigenvalue weighted by molar-refractivity contribution is 0.0690. The number of hydrogen-bond donors (Lipinski definition) is 3. The first-order valence-electron chi connectivity index (χ1n) is 8.00. The molecule has 1 saturated heterocycles. The van der Waals surface area contributed by atoms with E-state index in [1.54, 1.807) is 6.92 Å². The zero-order valence-corrected chi connectivity index (χ0v) is 14.0. The second kappa shape index (κ2) is 6.90. The average molecular weight is 340 g/mol. The maximum absolute atomic E-state index is 11.3. The van der Waals surface area contributed by atoms with E-state index in [-0.39, 0.29) is 17.2 Å². The van der Waals surface area contributed by atoms with Crippen LogP contribution in [-0.4, -0.2) is 48.1 Å². The zero-order chi connectivity index (χ0) is 18.0. The van der Waals surface area contributed by atoms with Crippen molar-refractivity contribution in [2.24, 2.45) is 0 Å². The summed E-state index contributed by atoms with van der Waals surface area (Å²) in [6.07, 6.45) is 0. The van der Waals surface area contributed by atoms with Gasteiger partial charge in [0.1, 0.15) is 5.82 Å². The van der Waals surface area contributed by atoms with Crippen molar-refractivity contribution < 1.29 is 14.6 Å². The highest BCUT2D eigenvalue weighted by atomic mass is 16.5. The highest BCUT2D eigenvalue weighted by Gasteiger charge is 2.18. The Morgan fingerprint density at radius 1 is 1.28 bits per heavy atom. The van der Waals surface area contributed by atoms with Crippen LogP contribution >= 0.6 is 0 Å². The second-order valence-electron chi connectivity index (χ2n) is 5.89. The Morgan fingerprint density at radius 2 is 1.92 bits per heavy atom. The highest BCUT2D eigenvalue weighted by molar-refractivity contribution is 6.07. The minimum Gasteiger partial charge on any atom is -0.477 e. The number of benzene rings is 1. The molecule has 25 heavy (non-hydrogen) atoms. The summed E-state index contributed by atoms with van der Waals surface area (Å²) in [6, 6.07) is 9.27. The molecule has 1 aromatic carbocycles. The number of nitrogens with one attached hydrogen (secondary N) is 1. The number of nitrogen functional groups attached to an aromatic ring is 1. The Hall–Kier alpha value is -2.93. The monoisotopic (exact) mass is 340 g/mol. The molecular formula is C18H20N4O3. The summed E-state index contributed by atoms with van der Waals surface area (Å²) in [7, 11) is 0. The molecule has 0 spiro atoms. The number of hydrogen-bond acceptors (Lipinski definition) is 6. The number of nitrogens with zero attached hydrogens (tertiary/aromatic N) is 2. The number of pyridine rings is 1. The molecule has 1 aliphatic heterocycles. The Balaban J connectivity index is 2.02. The fourth-order valence-electron chi connectivity index (χ4n) is 2.97. The first-order chi connectivity index (χ1) is 12.0. The van der Waals surface area contributed by atoms with E-state index < -0.39 is 5.97 Å². The Kier molecular flexibility index (Phi) is 4.67. The lowest BCUT2D eigenvalue weighted by Gasteiger charge is -2.29. The third-order valence-corrected chi connectivity index (χ3v) is 4.20. The number of carboxylic acid groups (broad SMARTS) is 1. The topological polar surface area (TPSA) is 113 Å². The van der Waals surface area contributed by atoms with Gasteiger partial charge in [-0.1, -0.05) is 12.1 Å². The summed E-state index contributed by atoms with van der Waals surface area (Å²) in [4.78, 5) is 17.4. The van der Waals surface area contributed by atoms with Gasteiger partial charge in [-0.15, -0.1) is 0 Å². The van der Waals surface area contributed by atoms with Crippen LogP contribution < -0.4 is 10.6 Å². The maximum Gasteiger partial charge on any atom is 0.354 e. The maximum atomic E-state index is 11.3. The van der Waals surface area contributed by atoms with Crippen molar-refractivity contribution in [1.82, 2.24) is 4.98 Å². The lowest BCUT2D eigenvalue weighted by atomic mass is 9.96. The summed E-state index contributed by atoms with van der Waals surface area (Å²) in [6.45, 7) is 4.72. The fourth-order valence-corrected chi connectivity index (χ4v) is 2.97. The molecule has 1 fully saturated rings. The molecule has 0 aliphatic carbocycles. The third kappa shape index (κ3) is 3.46. The van der Waals surface area contributed by atoms with Gasteiger partial charge in [0.15, 0.2) is 5.69 Å². The molecular weight excluding hydrogens is 320 g/mol. The molecule has 3 rings (SSSR count). The van der Waals surface area contributed by atoms with Gasteiger partial charge in [-0.3, -0.25) is 0 Å². The van der Waals surface area contributed by atoms with Gasteiger partial charge in [0.05, 0.1) is 13.2 Å². The van der Waals surface area contributed by atoms with Crippen molar-refractivity contribution in [3.8, 4) is 11.1 Å². The van der Waals surface area contributed by atoms with Gasteiger partial charge in [-0.2, -0.15) is 0 Å². The molecule has 130 valence electrons. The van der Waals surface area contributed by atoms with Crippen LogP contribution in [0.3, 0.4) is 0 Å². The third-order valence-electron chi connectivity index (χ3n) is 4.20. The van der Waals surface area contributed by atoms with Gasteiger partial charge in [-0.25, -0.2) is 9.78 Å². The number of anilines is 2. The van der Waals surface area contributed by atoms with E-state index in [0.717, 1.165) is 24.3 Å². The molecule has 1 aliphatic rings. The highest BCUT2D eigenvalue weighted by Crippen LogP contribution is 2.30. The van der Waals surface area contributed by atoms with Gasteiger partial charge >= 0.3 is 5.97 Å². The first kappa shape index (κ1) is 16.9. The number of aromatic nitrogens is 1. The molecule has 0 amide bonds. The van der Waals surface area contributed by atoms with Crippen molar-refractivity contribution in [3.63, 3.8) is 0 Å². The van der Waals surface area contributed by atoms with Crippen LogP contribution in [-0.2, 0) is 4.74 Å². The number of aromatic carboxylic acids is 1. The van der Waals surface area contributed by atoms with Gasteiger partial charge in [0, 0.05) is 30.1 Å². The number of nitrogens with two attached hydrogens (primary N) is 1. The van der Waals surface area contributed by atoms with Crippen molar-refractivity contribution in [1.29, 1.82) is 5.41 Å². The molecule has 0 saturated carbocycles. The Labute approximate surface area is 145 Å². The normalized spacial score (nSPS) is 14.4. The summed E-state index contributed by atoms with van der Waals surface area (Å²) in [5.74, 6) is -1.09. The Morgan fingerprint density at radius 3 is 2.48 bits per heavy atom. The van der Waals surface area contributed by atoms with Gasteiger partial charge in [0.25, 0.3) is 0 Å². The molecule has 7 nitrogen and oxygen atoms in total. The summed E-state index contributed by atoms with van der Waals surface area (Å²) in [5, 5.41) is 17.2. The van der Waals surface area contributed by atoms with Gasteiger partial charge in [0.2, 0.25) is 0 Å². The molecule has 2 heterocycles. The molecule has 1 aromatic heterocycles. The fraction of sp³-hybridized carbons (Fsp3) is 0.278. The summed E-state index contributed by atoms with van der Waals surface area (Å²) < 4.78 is 5.36. The molecule has 0 bridgehead atoms. The van der Waals surface area contributed by atoms with Crippen LogP contribution in [0, 0.1) is 5.41 Å². The van der Waals surface area contributed by atoms with Gasteiger partial charge in [-0.05, 0) is 36.2 Å². The first-order valence-corrected chi connectivity index (χ1v) is 8.00. The standard InChI is InChI=1S/C18H20N4O3/c1-11(19)16-14(10-15(18(23)24)21-17(16)20)12-2-4-13(5-3-12)22-6-8-25-9-7-22/h2-5,10,19H,6-9H2,1H3,(H2,20,21)(H,23,24). The molecule has 7 heteroatoms. The predicted octanol–water partition coefficient (Wildman–Crippen LogP) is 2.25. The smallest absolute Gasteiger partial charge is 0.354 e. The van der Waals surface area contributed by atoms with Crippen LogP contribution in [0.15, 0.2) is 30.3 Å². The molecule has 0 radical (unpaired) electrons. The quantitative estimate of drug-likeness (QED) is 0.736. The van der Waals surface area contributed by atoms with E-state index in [1.165, 1.54) is 6.07 Å². The van der Waals surface area contributed by atoms with Crippen LogP contribution in [0.25, 0.3) is 11.1 Å². The van der Waals surface area contributed by atoms with Crippen molar-refractivity contribution >= 4 is 23.2 Å². The van der Waals surface area contributed by atoms with E-state index >= 15 is 0 Å². The minimum absolute atomic E-state index is 0.0552. The molecule has 2 aromatic rings. The second-order valence-corrected chi connectivity index (χ2v) is 5.89. The van der Waals surface area contributed by atoms with E-state index in [4.69, 9.17) is 15.9 Å². The van der Waals surface area contributed by atoms with Crippen LogP contribution in [0.1, 0.15) is 23.0 Å². The number of rotatable bonds is 4. The van der Waals surface area contributed by atoms with Crippen LogP contribution in [0.4, 0.5) is 11.5 Å². The number of carboxylic acids is 1. The Bertz CT molecular complexity index is 812. The average Bonchev–Trinajstić information content (AvgIpc) is 2.61. The van der Waals surface area contributed by atoms with Gasteiger partial charge < -0.3 is 25.9 Å². The minimum atomic E-state index is -1.15. The van der Waals surface area contributed by atoms with Crippen molar-refractivity contribution in [2.45, 2.75) is 6.92 Å². The van der Waals surface area contributed by atoms with Crippen molar-refractivity contribution in [3.05, 3.63) is 41.6 Å². The lowest BCUT2D eigenvalue weighted by Crippen LogP contribution is -2.36. The summed E-state index contributed by atoms with van der Waals surface area (Å²) >= 11 is 0. The number of ether oxygens (including phenoxy) is 1. The van der Waals surface area contributed by atoms with E-state index in [2.05, 4.69) is 9.88 Å². The van der Waals surface area contributed by atoms with E-state index in [1.807, 2.05) is 24.3 Å². The zero-order valence-electron chi connectivity index (χ0n) is 14.0. The van der Waals surface area contributed by atoms with E-state index in [0.29, 0.717) is 24.3 Å². The molecule has 0 unspecified atom stereocenters. The molecule has 4 N–H and O–H groups in total. The van der Waals surface area contributed by atoms with Crippen LogP contribution in [0.2, 0.25) is 0 Å². The van der Waals surface area contributed by atoms with Crippen LogP contribution in [0.5, 0.6) is 0 Å². The van der Waals surface area contributed by atoms with E-state index in [9.17, 15) is 9.90 Å².